The first kappa shape index (κ1) is 30.2. The number of thioether (sulfide) groups is 1. The first-order chi connectivity index (χ1) is 16.6. The van der Waals surface area contributed by atoms with Crippen molar-refractivity contribution in [2.45, 2.75) is 63.2 Å². The third-order valence-electron chi connectivity index (χ3n) is 5.29. The zero-order valence-electron chi connectivity index (χ0n) is 20.2. The lowest BCUT2D eigenvalue weighted by Gasteiger charge is -2.24. The molecule has 0 saturated carbocycles. The minimum Gasteiger partial charge on any atom is -0.508 e. The first-order valence-corrected chi connectivity index (χ1v) is 12.8. The Morgan fingerprint density at radius 2 is 1.57 bits per heavy atom. The highest BCUT2D eigenvalue weighted by Gasteiger charge is 2.28. The summed E-state index contributed by atoms with van der Waals surface area (Å²) in [7, 11) is 0. The van der Waals surface area contributed by atoms with Crippen molar-refractivity contribution in [3.8, 4) is 5.75 Å². The third kappa shape index (κ3) is 11.4. The molecule has 1 aromatic carbocycles. The fraction of sp³-hybridized carbons (Fsp3) is 0.565. The molecular formula is C23H37N5O6S. The summed E-state index contributed by atoms with van der Waals surface area (Å²) in [6.07, 6.45) is 3.98. The predicted molar refractivity (Wildman–Crippen MR) is 135 cm³/mol. The molecule has 0 heterocycles. The minimum atomic E-state index is -1.23. The quantitative estimate of drug-likeness (QED) is 0.146. The lowest BCUT2D eigenvalue weighted by atomic mass is 10.0. The molecule has 0 radical (unpaired) electrons. The lowest BCUT2D eigenvalue weighted by Crippen LogP contribution is -2.56. The molecule has 0 saturated heterocycles. The van der Waals surface area contributed by atoms with Crippen molar-refractivity contribution in [2.24, 2.45) is 11.5 Å². The van der Waals surface area contributed by atoms with Gasteiger partial charge in [-0.3, -0.25) is 14.4 Å². The summed E-state index contributed by atoms with van der Waals surface area (Å²) in [6.45, 7) is 1.98. The molecule has 196 valence electrons. The summed E-state index contributed by atoms with van der Waals surface area (Å²) >= 11 is 1.47. The Kier molecular flexibility index (Phi) is 13.8. The van der Waals surface area contributed by atoms with Crippen LogP contribution in [0.2, 0.25) is 0 Å². The Labute approximate surface area is 209 Å². The summed E-state index contributed by atoms with van der Waals surface area (Å²) in [4.78, 5) is 49.5. The summed E-state index contributed by atoms with van der Waals surface area (Å²) in [5.41, 5.74) is 11.9. The molecule has 9 N–H and O–H groups in total. The van der Waals surface area contributed by atoms with Gasteiger partial charge in [0.25, 0.3) is 0 Å². The Bertz CT molecular complexity index is 838. The molecule has 12 heteroatoms. The third-order valence-corrected chi connectivity index (χ3v) is 5.94. The number of rotatable bonds is 16. The van der Waals surface area contributed by atoms with E-state index in [-0.39, 0.29) is 18.6 Å². The highest BCUT2D eigenvalue weighted by atomic mass is 32.2. The van der Waals surface area contributed by atoms with Crippen molar-refractivity contribution in [1.82, 2.24) is 16.0 Å². The second kappa shape index (κ2) is 16.0. The number of phenols is 1. The van der Waals surface area contributed by atoms with E-state index in [0.717, 1.165) is 6.42 Å². The summed E-state index contributed by atoms with van der Waals surface area (Å²) in [6, 6.07) is 2.04. The van der Waals surface area contributed by atoms with Crippen molar-refractivity contribution < 1.29 is 29.4 Å². The molecule has 0 aromatic heterocycles. The van der Waals surface area contributed by atoms with E-state index in [4.69, 9.17) is 11.5 Å². The van der Waals surface area contributed by atoms with Crippen LogP contribution >= 0.6 is 11.8 Å². The standard InChI is InChI=1S/C23H37N5O6S/c1-14(26-21(31)17(25)5-3-4-11-24)20(30)27-18(10-12-35-2)22(32)28-19(23(33)34)13-15-6-8-16(29)9-7-15/h6-9,14,17-19,29H,3-5,10-13,24-25H2,1-2H3,(H,26,31)(H,27,30)(H,28,32)(H,33,34). The van der Waals surface area contributed by atoms with Crippen LogP contribution in [-0.2, 0) is 25.6 Å². The van der Waals surface area contributed by atoms with Crippen LogP contribution in [0.3, 0.4) is 0 Å². The number of hydrogen-bond donors (Lipinski definition) is 7. The number of hydrogen-bond acceptors (Lipinski definition) is 8. The van der Waals surface area contributed by atoms with Gasteiger partial charge in [-0.15, -0.1) is 0 Å². The zero-order chi connectivity index (χ0) is 26.4. The number of carbonyl (C=O) groups is 4. The molecule has 0 aliphatic rings. The largest absolute Gasteiger partial charge is 0.508 e. The molecule has 0 fully saturated rings. The number of aliphatic carboxylic acids is 1. The van der Waals surface area contributed by atoms with Gasteiger partial charge in [0.1, 0.15) is 23.9 Å². The number of carboxylic acids is 1. The van der Waals surface area contributed by atoms with Crippen LogP contribution in [0.4, 0.5) is 0 Å². The average molecular weight is 512 g/mol. The van der Waals surface area contributed by atoms with Gasteiger partial charge in [-0.1, -0.05) is 18.6 Å². The number of aromatic hydroxyl groups is 1. The Balaban J connectivity index is 2.77. The Hall–Kier alpha value is -2.83. The summed E-state index contributed by atoms with van der Waals surface area (Å²) in [5.74, 6) is -2.35. The number of carbonyl (C=O) groups excluding carboxylic acids is 3. The highest BCUT2D eigenvalue weighted by Crippen LogP contribution is 2.12. The summed E-state index contributed by atoms with van der Waals surface area (Å²) in [5, 5.41) is 26.6. The molecule has 0 spiro atoms. The van der Waals surface area contributed by atoms with Crippen LogP contribution in [0.25, 0.3) is 0 Å². The maximum absolute atomic E-state index is 12.9. The van der Waals surface area contributed by atoms with Crippen LogP contribution in [0.5, 0.6) is 5.75 Å². The zero-order valence-corrected chi connectivity index (χ0v) is 21.0. The van der Waals surface area contributed by atoms with Gasteiger partial charge < -0.3 is 37.6 Å². The van der Waals surface area contributed by atoms with Gasteiger partial charge in [-0.05, 0) is 62.4 Å². The average Bonchev–Trinajstić information content (AvgIpc) is 2.82. The molecule has 4 unspecified atom stereocenters. The van der Waals surface area contributed by atoms with Crippen LogP contribution < -0.4 is 27.4 Å². The van der Waals surface area contributed by atoms with Gasteiger partial charge in [0, 0.05) is 6.42 Å². The molecule has 0 aliphatic carbocycles. The molecule has 1 aromatic rings. The molecule has 1 rings (SSSR count). The maximum atomic E-state index is 12.9. The van der Waals surface area contributed by atoms with E-state index in [1.807, 2.05) is 6.26 Å². The van der Waals surface area contributed by atoms with E-state index in [1.165, 1.54) is 30.8 Å². The number of phenolic OH excluding ortho intramolecular Hbond substituents is 1. The molecule has 11 nitrogen and oxygen atoms in total. The van der Waals surface area contributed by atoms with Gasteiger partial charge in [0.15, 0.2) is 0 Å². The van der Waals surface area contributed by atoms with Gasteiger partial charge >= 0.3 is 5.97 Å². The van der Waals surface area contributed by atoms with Gasteiger partial charge in [-0.25, -0.2) is 4.79 Å². The molecular weight excluding hydrogens is 474 g/mol. The van der Waals surface area contributed by atoms with Crippen molar-refractivity contribution in [3.05, 3.63) is 29.8 Å². The highest BCUT2D eigenvalue weighted by molar-refractivity contribution is 7.98. The van der Waals surface area contributed by atoms with Crippen molar-refractivity contribution in [1.29, 1.82) is 0 Å². The van der Waals surface area contributed by atoms with Crippen molar-refractivity contribution in [2.75, 3.05) is 18.6 Å². The van der Waals surface area contributed by atoms with Crippen molar-refractivity contribution in [3.63, 3.8) is 0 Å². The van der Waals surface area contributed by atoms with E-state index in [2.05, 4.69) is 16.0 Å². The SMILES string of the molecule is CSCCC(NC(=O)C(C)NC(=O)C(N)CCCCN)C(=O)NC(Cc1ccc(O)cc1)C(=O)O. The fourth-order valence-electron chi connectivity index (χ4n) is 3.17. The number of nitrogens with one attached hydrogen (secondary N) is 3. The normalized spacial score (nSPS) is 14.3. The van der Waals surface area contributed by atoms with E-state index in [0.29, 0.717) is 30.7 Å². The predicted octanol–water partition coefficient (Wildman–Crippen LogP) is -0.297. The number of unbranched alkanes of at least 4 members (excludes halogenated alkanes) is 1. The number of amides is 3. The number of benzene rings is 1. The topological polar surface area (TPSA) is 197 Å². The summed E-state index contributed by atoms with van der Waals surface area (Å²) < 4.78 is 0. The van der Waals surface area contributed by atoms with Gasteiger partial charge in [-0.2, -0.15) is 11.8 Å². The Morgan fingerprint density at radius 1 is 0.943 bits per heavy atom. The van der Waals surface area contributed by atoms with Crippen LogP contribution in [0.15, 0.2) is 24.3 Å². The number of carboxylic acid groups (broad SMARTS) is 1. The maximum Gasteiger partial charge on any atom is 0.326 e. The van der Waals surface area contributed by atoms with E-state index in [9.17, 15) is 29.4 Å². The van der Waals surface area contributed by atoms with Gasteiger partial charge in [0.2, 0.25) is 17.7 Å². The second-order valence-electron chi connectivity index (χ2n) is 8.23. The van der Waals surface area contributed by atoms with E-state index in [1.54, 1.807) is 12.1 Å². The van der Waals surface area contributed by atoms with Crippen LogP contribution in [-0.4, -0.2) is 76.6 Å². The van der Waals surface area contributed by atoms with E-state index >= 15 is 0 Å². The fourth-order valence-corrected chi connectivity index (χ4v) is 3.64. The molecule has 4 atom stereocenters. The van der Waals surface area contributed by atoms with Crippen LogP contribution in [0, 0.1) is 0 Å². The monoisotopic (exact) mass is 511 g/mol. The number of nitrogens with two attached hydrogens (primary N) is 2. The molecule has 3 amide bonds. The first-order valence-electron chi connectivity index (χ1n) is 11.4. The smallest absolute Gasteiger partial charge is 0.326 e. The van der Waals surface area contributed by atoms with E-state index < -0.39 is 47.9 Å². The lowest BCUT2D eigenvalue weighted by molar-refractivity contribution is -0.142. The van der Waals surface area contributed by atoms with Crippen molar-refractivity contribution >= 4 is 35.5 Å². The Morgan fingerprint density at radius 3 is 2.14 bits per heavy atom. The molecule has 0 bridgehead atoms. The molecule has 0 aliphatic heterocycles. The second-order valence-corrected chi connectivity index (χ2v) is 9.22. The molecule has 35 heavy (non-hydrogen) atoms. The van der Waals surface area contributed by atoms with Gasteiger partial charge in [0.05, 0.1) is 6.04 Å². The van der Waals surface area contributed by atoms with Crippen LogP contribution in [0.1, 0.15) is 38.2 Å². The minimum absolute atomic E-state index is 0.000940.